The molecule has 0 fully saturated rings. The van der Waals surface area contributed by atoms with Crippen molar-refractivity contribution < 1.29 is 4.79 Å². The number of thiophene rings is 1. The van der Waals surface area contributed by atoms with Gasteiger partial charge in [0.15, 0.2) is 16.4 Å². The standard InChI is InChI=1S/C20H20N6OS2/c1-12-3-6-14(7-4-12)19-24-25-20(28)26(19)10-9-18(27)21-17-11-15(22-23-17)16-8-5-13(2)29-16/h3-8,11H,9-10H2,1-2H3,(H,25,28)(H2,21,22,23,27). The van der Waals surface area contributed by atoms with Crippen LogP contribution < -0.4 is 5.32 Å². The van der Waals surface area contributed by atoms with Gasteiger partial charge in [0.1, 0.15) is 0 Å². The first-order chi connectivity index (χ1) is 14.0. The molecule has 0 unspecified atom stereocenters. The highest BCUT2D eigenvalue weighted by Gasteiger charge is 2.12. The number of carbonyl (C=O) groups excluding carboxylic acids is 1. The van der Waals surface area contributed by atoms with E-state index in [0.717, 1.165) is 22.0 Å². The molecule has 1 amide bonds. The van der Waals surface area contributed by atoms with Crippen LogP contribution in [0.2, 0.25) is 0 Å². The zero-order valence-electron chi connectivity index (χ0n) is 16.0. The number of aromatic nitrogens is 5. The molecule has 4 rings (SSSR count). The first-order valence-electron chi connectivity index (χ1n) is 9.14. The first-order valence-corrected chi connectivity index (χ1v) is 10.4. The van der Waals surface area contributed by atoms with Crippen molar-refractivity contribution in [1.29, 1.82) is 0 Å². The monoisotopic (exact) mass is 424 g/mol. The van der Waals surface area contributed by atoms with Gasteiger partial charge in [0.05, 0.1) is 10.6 Å². The van der Waals surface area contributed by atoms with E-state index < -0.39 is 0 Å². The Hall–Kier alpha value is -3.04. The average Bonchev–Trinajstić information content (AvgIpc) is 3.41. The summed E-state index contributed by atoms with van der Waals surface area (Å²) in [4.78, 5) is 14.7. The Morgan fingerprint density at radius 2 is 1.93 bits per heavy atom. The highest BCUT2D eigenvalue weighted by molar-refractivity contribution is 7.71. The number of benzene rings is 1. The van der Waals surface area contributed by atoms with Gasteiger partial charge < -0.3 is 5.32 Å². The summed E-state index contributed by atoms with van der Waals surface area (Å²) in [7, 11) is 0. The molecule has 0 saturated heterocycles. The van der Waals surface area contributed by atoms with Gasteiger partial charge in [-0.05, 0) is 38.2 Å². The van der Waals surface area contributed by atoms with Gasteiger partial charge in [-0.2, -0.15) is 10.2 Å². The Balaban J connectivity index is 1.42. The van der Waals surface area contributed by atoms with E-state index >= 15 is 0 Å². The molecule has 7 nitrogen and oxygen atoms in total. The van der Waals surface area contributed by atoms with E-state index in [1.54, 1.807) is 11.3 Å². The minimum atomic E-state index is -0.136. The summed E-state index contributed by atoms with van der Waals surface area (Å²) >= 11 is 7.01. The minimum absolute atomic E-state index is 0.136. The van der Waals surface area contributed by atoms with Gasteiger partial charge in [0.2, 0.25) is 5.91 Å². The van der Waals surface area contributed by atoms with Crippen molar-refractivity contribution >= 4 is 35.3 Å². The number of nitrogens with one attached hydrogen (secondary N) is 3. The Kier molecular flexibility index (Phi) is 5.41. The molecule has 9 heteroatoms. The largest absolute Gasteiger partial charge is 0.309 e. The number of anilines is 1. The van der Waals surface area contributed by atoms with Crippen molar-refractivity contribution in [1.82, 2.24) is 25.0 Å². The number of amides is 1. The predicted octanol–water partition coefficient (Wildman–Crippen LogP) is 4.70. The molecule has 3 heterocycles. The summed E-state index contributed by atoms with van der Waals surface area (Å²) in [6.45, 7) is 4.51. The lowest BCUT2D eigenvalue weighted by atomic mass is 10.1. The average molecular weight is 425 g/mol. The molecule has 0 aliphatic rings. The molecule has 4 aromatic rings. The smallest absolute Gasteiger partial charge is 0.227 e. The van der Waals surface area contributed by atoms with Crippen LogP contribution in [0, 0.1) is 18.6 Å². The van der Waals surface area contributed by atoms with Gasteiger partial charge in [0, 0.05) is 29.5 Å². The van der Waals surface area contributed by atoms with Gasteiger partial charge in [0.25, 0.3) is 0 Å². The number of aryl methyl sites for hydroxylation is 2. The second kappa shape index (κ2) is 8.14. The Morgan fingerprint density at radius 3 is 2.66 bits per heavy atom. The minimum Gasteiger partial charge on any atom is -0.309 e. The maximum atomic E-state index is 12.4. The van der Waals surface area contributed by atoms with E-state index in [1.165, 1.54) is 10.4 Å². The number of H-pyrrole nitrogens is 2. The lowest BCUT2D eigenvalue weighted by Gasteiger charge is -2.07. The molecule has 0 spiro atoms. The third-order valence-electron chi connectivity index (χ3n) is 4.48. The molecule has 0 atom stereocenters. The second-order valence-corrected chi connectivity index (χ2v) is 8.42. The van der Waals surface area contributed by atoms with Crippen molar-refractivity contribution in [2.24, 2.45) is 0 Å². The predicted molar refractivity (Wildman–Crippen MR) is 117 cm³/mol. The topological polar surface area (TPSA) is 91.4 Å². The molecule has 1 aromatic carbocycles. The van der Waals surface area contributed by atoms with Crippen LogP contribution in [0.25, 0.3) is 22.0 Å². The second-order valence-electron chi connectivity index (χ2n) is 6.75. The van der Waals surface area contributed by atoms with Crippen LogP contribution in [0.3, 0.4) is 0 Å². The fraction of sp³-hybridized carbons (Fsp3) is 0.200. The normalized spacial score (nSPS) is 11.0. The van der Waals surface area contributed by atoms with Crippen molar-refractivity contribution in [3.8, 4) is 22.0 Å². The highest BCUT2D eigenvalue weighted by Crippen LogP contribution is 2.27. The maximum absolute atomic E-state index is 12.4. The molecule has 148 valence electrons. The molecule has 3 aromatic heterocycles. The number of nitrogens with zero attached hydrogens (tertiary/aromatic N) is 3. The van der Waals surface area contributed by atoms with Gasteiger partial charge in [-0.25, -0.2) is 0 Å². The summed E-state index contributed by atoms with van der Waals surface area (Å²) in [5.41, 5.74) is 3.01. The lowest BCUT2D eigenvalue weighted by molar-refractivity contribution is -0.116. The van der Waals surface area contributed by atoms with Crippen LogP contribution in [0.4, 0.5) is 5.82 Å². The molecule has 0 saturated carbocycles. The van der Waals surface area contributed by atoms with Crippen molar-refractivity contribution in [2.75, 3.05) is 5.32 Å². The third kappa shape index (κ3) is 4.36. The molecule has 3 N–H and O–H groups in total. The van der Waals surface area contributed by atoms with Crippen molar-refractivity contribution in [2.45, 2.75) is 26.8 Å². The Bertz CT molecular complexity index is 1200. The van der Waals surface area contributed by atoms with Crippen LogP contribution in [0.1, 0.15) is 16.9 Å². The van der Waals surface area contributed by atoms with Crippen LogP contribution in [0.15, 0.2) is 42.5 Å². The molecular weight excluding hydrogens is 404 g/mol. The Morgan fingerprint density at radius 1 is 1.14 bits per heavy atom. The summed E-state index contributed by atoms with van der Waals surface area (Å²) < 4.78 is 2.33. The molecule has 0 aliphatic heterocycles. The van der Waals surface area contributed by atoms with E-state index in [2.05, 4.69) is 38.7 Å². The van der Waals surface area contributed by atoms with Crippen LogP contribution in [-0.4, -0.2) is 30.9 Å². The van der Waals surface area contributed by atoms with E-state index in [-0.39, 0.29) is 12.3 Å². The summed E-state index contributed by atoms with van der Waals surface area (Å²) in [6.07, 6.45) is 0.257. The van der Waals surface area contributed by atoms with Gasteiger partial charge in [-0.15, -0.1) is 11.3 Å². The number of hydrogen-bond acceptors (Lipinski definition) is 5. The molecular formula is C20H20N6OS2. The summed E-state index contributed by atoms with van der Waals surface area (Å²) in [5.74, 6) is 1.09. The quantitative estimate of drug-likeness (QED) is 0.391. The lowest BCUT2D eigenvalue weighted by Crippen LogP contribution is -2.15. The SMILES string of the molecule is Cc1ccc(-c2n[nH]c(=S)n2CCC(=O)Nc2cc(-c3ccc(C)s3)[nH]n2)cc1. The van der Waals surface area contributed by atoms with Gasteiger partial charge in [-0.3, -0.25) is 19.6 Å². The van der Waals surface area contributed by atoms with E-state index in [9.17, 15) is 4.79 Å². The van der Waals surface area contributed by atoms with E-state index in [0.29, 0.717) is 17.1 Å². The number of hydrogen-bond donors (Lipinski definition) is 3. The van der Waals surface area contributed by atoms with Crippen LogP contribution in [0.5, 0.6) is 0 Å². The molecule has 0 bridgehead atoms. The number of rotatable bonds is 6. The molecule has 0 radical (unpaired) electrons. The number of aromatic amines is 2. The third-order valence-corrected chi connectivity index (χ3v) is 5.83. The van der Waals surface area contributed by atoms with Gasteiger partial charge >= 0.3 is 0 Å². The van der Waals surface area contributed by atoms with E-state index in [4.69, 9.17) is 12.2 Å². The summed E-state index contributed by atoms with van der Waals surface area (Å²) in [6, 6.07) is 14.0. The fourth-order valence-electron chi connectivity index (χ4n) is 2.96. The highest BCUT2D eigenvalue weighted by atomic mass is 32.1. The Labute approximate surface area is 176 Å². The van der Waals surface area contributed by atoms with Gasteiger partial charge in [-0.1, -0.05) is 29.8 Å². The van der Waals surface area contributed by atoms with Crippen LogP contribution in [-0.2, 0) is 11.3 Å². The fourth-order valence-corrected chi connectivity index (χ4v) is 4.02. The summed E-state index contributed by atoms with van der Waals surface area (Å²) in [5, 5.41) is 17.1. The molecule has 29 heavy (non-hydrogen) atoms. The number of carbonyl (C=O) groups is 1. The molecule has 0 aliphatic carbocycles. The van der Waals surface area contributed by atoms with Crippen molar-refractivity contribution in [3.05, 3.63) is 57.7 Å². The maximum Gasteiger partial charge on any atom is 0.227 e. The van der Waals surface area contributed by atoms with E-state index in [1.807, 2.05) is 47.9 Å². The zero-order valence-corrected chi connectivity index (χ0v) is 17.7. The first kappa shape index (κ1) is 19.3. The van der Waals surface area contributed by atoms with Crippen LogP contribution >= 0.6 is 23.6 Å². The van der Waals surface area contributed by atoms with Crippen molar-refractivity contribution in [3.63, 3.8) is 0 Å². The zero-order chi connectivity index (χ0) is 20.4.